The van der Waals surface area contributed by atoms with Gasteiger partial charge in [0.2, 0.25) is 0 Å². The van der Waals surface area contributed by atoms with Crippen LogP contribution in [0.25, 0.3) is 0 Å². The Kier molecular flexibility index (Phi) is 3.72. The number of aliphatic imine (C=N–C) groups is 1. The molecule has 4 nitrogen and oxygen atoms in total. The maximum atomic E-state index is 8.47. The van der Waals surface area contributed by atoms with Crippen molar-refractivity contribution in [3.8, 4) is 11.5 Å². The summed E-state index contributed by atoms with van der Waals surface area (Å²) in [7, 11) is 0. The van der Waals surface area contributed by atoms with Gasteiger partial charge in [-0.1, -0.05) is 30.3 Å². The minimum Gasteiger partial charge on any atom is -0.455 e. The number of nitrogens with one attached hydrogen (secondary N) is 1. The van der Waals surface area contributed by atoms with Crippen molar-refractivity contribution in [2.24, 2.45) is 4.99 Å². The van der Waals surface area contributed by atoms with E-state index < -0.39 is 0 Å². The summed E-state index contributed by atoms with van der Waals surface area (Å²) < 4.78 is 5.68. The average Bonchev–Trinajstić information content (AvgIpc) is 2.39. The summed E-state index contributed by atoms with van der Waals surface area (Å²) in [4.78, 5) is 4.01. The molecule has 86 valence electrons. The molecule has 0 heterocycles. The molecule has 0 saturated heterocycles. The Morgan fingerprint density at radius 3 is 2.47 bits per heavy atom. The zero-order valence-corrected chi connectivity index (χ0v) is 9.08. The second kappa shape index (κ2) is 5.67. The van der Waals surface area contributed by atoms with Crippen LogP contribution in [0.4, 0.5) is 5.69 Å². The standard InChI is InChI=1S/C13H12N2O2/c16-15-10-14-12-8-4-5-9-13(12)17-11-6-2-1-3-7-11/h1-10,16H,(H,14,15). The first kappa shape index (κ1) is 11.2. The minimum absolute atomic E-state index is 0.630. The van der Waals surface area contributed by atoms with E-state index in [0.29, 0.717) is 11.4 Å². The van der Waals surface area contributed by atoms with Crippen LogP contribution < -0.4 is 10.2 Å². The first-order valence-electron chi connectivity index (χ1n) is 5.14. The molecule has 0 spiro atoms. The molecule has 17 heavy (non-hydrogen) atoms. The number of nitrogens with zero attached hydrogens (tertiary/aromatic N) is 1. The summed E-state index contributed by atoms with van der Waals surface area (Å²) in [5.41, 5.74) is 2.50. The fourth-order valence-corrected chi connectivity index (χ4v) is 1.36. The lowest BCUT2D eigenvalue weighted by molar-refractivity contribution is 0.240. The Hall–Kier alpha value is -2.33. The normalized spacial score (nSPS) is 10.4. The molecule has 2 rings (SSSR count). The molecule has 0 bridgehead atoms. The van der Waals surface area contributed by atoms with Gasteiger partial charge < -0.3 is 4.74 Å². The van der Waals surface area contributed by atoms with E-state index in [9.17, 15) is 0 Å². The number of benzene rings is 2. The smallest absolute Gasteiger partial charge is 0.153 e. The zero-order valence-electron chi connectivity index (χ0n) is 9.08. The maximum Gasteiger partial charge on any atom is 0.153 e. The zero-order chi connectivity index (χ0) is 11.9. The number of hydroxylamine groups is 1. The highest BCUT2D eigenvalue weighted by atomic mass is 16.5. The van der Waals surface area contributed by atoms with Gasteiger partial charge in [-0.3, -0.25) is 10.7 Å². The molecule has 0 atom stereocenters. The maximum absolute atomic E-state index is 8.47. The molecule has 0 fully saturated rings. The third-order valence-corrected chi connectivity index (χ3v) is 2.10. The van der Waals surface area contributed by atoms with Crippen LogP contribution in [0.1, 0.15) is 0 Å². The van der Waals surface area contributed by atoms with Crippen LogP contribution in [-0.2, 0) is 0 Å². The molecular weight excluding hydrogens is 216 g/mol. The van der Waals surface area contributed by atoms with Crippen LogP contribution in [-0.4, -0.2) is 11.5 Å². The van der Waals surface area contributed by atoms with Crippen LogP contribution in [0.3, 0.4) is 0 Å². The highest BCUT2D eigenvalue weighted by Gasteiger charge is 2.01. The van der Waals surface area contributed by atoms with Crippen LogP contribution in [0.5, 0.6) is 11.5 Å². The van der Waals surface area contributed by atoms with Gasteiger partial charge in [-0.25, -0.2) is 4.99 Å². The van der Waals surface area contributed by atoms with E-state index >= 15 is 0 Å². The van der Waals surface area contributed by atoms with Crippen molar-refractivity contribution < 1.29 is 9.94 Å². The van der Waals surface area contributed by atoms with Gasteiger partial charge in [0.05, 0.1) is 0 Å². The molecule has 2 aromatic carbocycles. The second-order valence-electron chi connectivity index (χ2n) is 3.27. The highest BCUT2D eigenvalue weighted by Crippen LogP contribution is 2.30. The molecule has 2 N–H and O–H groups in total. The van der Waals surface area contributed by atoms with Gasteiger partial charge in [0.15, 0.2) is 5.75 Å². The summed E-state index contributed by atoms with van der Waals surface area (Å²) in [5, 5.41) is 8.47. The van der Waals surface area contributed by atoms with E-state index in [4.69, 9.17) is 9.94 Å². The second-order valence-corrected chi connectivity index (χ2v) is 3.27. The minimum atomic E-state index is 0.630. The molecule has 0 unspecified atom stereocenters. The van der Waals surface area contributed by atoms with Crippen molar-refractivity contribution in [3.05, 3.63) is 54.6 Å². The summed E-state index contributed by atoms with van der Waals surface area (Å²) in [6, 6.07) is 16.8. The lowest BCUT2D eigenvalue weighted by atomic mass is 10.3. The van der Waals surface area contributed by atoms with Gasteiger partial charge in [-0.15, -0.1) is 0 Å². The summed E-state index contributed by atoms with van der Waals surface area (Å²) in [5.74, 6) is 1.37. The van der Waals surface area contributed by atoms with Gasteiger partial charge in [-0.05, 0) is 24.3 Å². The lowest BCUT2D eigenvalue weighted by Crippen LogP contribution is -2.01. The van der Waals surface area contributed by atoms with Crippen LogP contribution >= 0.6 is 0 Å². The average molecular weight is 228 g/mol. The van der Waals surface area contributed by atoms with Crippen LogP contribution in [0, 0.1) is 0 Å². The summed E-state index contributed by atoms with van der Waals surface area (Å²) >= 11 is 0. The Morgan fingerprint density at radius 2 is 1.71 bits per heavy atom. The van der Waals surface area contributed by atoms with Crippen molar-refractivity contribution in [1.29, 1.82) is 0 Å². The monoisotopic (exact) mass is 228 g/mol. The van der Waals surface area contributed by atoms with Crippen molar-refractivity contribution in [1.82, 2.24) is 5.48 Å². The van der Waals surface area contributed by atoms with Crippen molar-refractivity contribution in [2.45, 2.75) is 0 Å². The Balaban J connectivity index is 2.23. The fraction of sp³-hybridized carbons (Fsp3) is 0. The first-order chi connectivity index (χ1) is 8.40. The van der Waals surface area contributed by atoms with Gasteiger partial charge in [-0.2, -0.15) is 0 Å². The third-order valence-electron chi connectivity index (χ3n) is 2.10. The van der Waals surface area contributed by atoms with E-state index in [0.717, 1.165) is 5.75 Å². The quantitative estimate of drug-likeness (QED) is 0.480. The molecule has 0 saturated carbocycles. The third kappa shape index (κ3) is 3.06. The molecular formula is C13H12N2O2. The van der Waals surface area contributed by atoms with E-state index in [-0.39, 0.29) is 0 Å². The summed E-state index contributed by atoms with van der Waals surface area (Å²) in [6.07, 6.45) is 1.19. The molecule has 0 aliphatic heterocycles. The molecule has 0 aromatic heterocycles. The first-order valence-corrected chi connectivity index (χ1v) is 5.14. The number of ether oxygens (including phenoxy) is 1. The van der Waals surface area contributed by atoms with Gasteiger partial charge in [0.25, 0.3) is 0 Å². The van der Waals surface area contributed by atoms with Crippen LogP contribution in [0.15, 0.2) is 59.6 Å². The summed E-state index contributed by atoms with van der Waals surface area (Å²) in [6.45, 7) is 0. The largest absolute Gasteiger partial charge is 0.455 e. The van der Waals surface area contributed by atoms with Gasteiger partial charge in [0.1, 0.15) is 17.8 Å². The lowest BCUT2D eigenvalue weighted by Gasteiger charge is -2.07. The van der Waals surface area contributed by atoms with Crippen LogP contribution in [0.2, 0.25) is 0 Å². The molecule has 0 aliphatic carbocycles. The molecule has 4 heteroatoms. The van der Waals surface area contributed by atoms with E-state index in [2.05, 4.69) is 4.99 Å². The van der Waals surface area contributed by atoms with E-state index in [1.807, 2.05) is 54.0 Å². The Morgan fingerprint density at radius 1 is 1.00 bits per heavy atom. The highest BCUT2D eigenvalue weighted by molar-refractivity contribution is 5.64. The predicted molar refractivity (Wildman–Crippen MR) is 66.0 cm³/mol. The SMILES string of the molecule is ONC=Nc1ccccc1Oc1ccccc1. The molecule has 2 aromatic rings. The number of para-hydroxylation sites is 3. The Labute approximate surface area is 99.2 Å². The fourth-order valence-electron chi connectivity index (χ4n) is 1.36. The van der Waals surface area contributed by atoms with E-state index in [1.165, 1.54) is 6.34 Å². The molecule has 0 radical (unpaired) electrons. The number of hydrogen-bond acceptors (Lipinski definition) is 3. The number of hydrogen-bond donors (Lipinski definition) is 2. The molecule has 0 aliphatic rings. The predicted octanol–water partition coefficient (Wildman–Crippen LogP) is 3.12. The molecule has 0 amide bonds. The van der Waals surface area contributed by atoms with Gasteiger partial charge in [0, 0.05) is 0 Å². The van der Waals surface area contributed by atoms with Crippen molar-refractivity contribution >= 4 is 12.0 Å². The Bertz CT molecular complexity index is 498. The topological polar surface area (TPSA) is 53.8 Å². The van der Waals surface area contributed by atoms with Crippen molar-refractivity contribution in [2.75, 3.05) is 0 Å². The van der Waals surface area contributed by atoms with E-state index in [1.54, 1.807) is 6.07 Å². The van der Waals surface area contributed by atoms with Crippen molar-refractivity contribution in [3.63, 3.8) is 0 Å². The number of rotatable bonds is 4. The van der Waals surface area contributed by atoms with Gasteiger partial charge >= 0.3 is 0 Å².